The van der Waals surface area contributed by atoms with Crippen LogP contribution in [0.4, 0.5) is 4.39 Å². The van der Waals surface area contributed by atoms with Gasteiger partial charge in [0.25, 0.3) is 5.91 Å². The van der Waals surface area contributed by atoms with Crippen LogP contribution in [0.5, 0.6) is 0 Å². The molecule has 0 saturated heterocycles. The van der Waals surface area contributed by atoms with Crippen molar-refractivity contribution in [2.75, 3.05) is 0 Å². The SMILES string of the molecule is CC(NC(=O)c1cc2cc(F)ccc2s1)c1ccccc1. The van der Waals surface area contributed by atoms with Crippen molar-refractivity contribution in [3.8, 4) is 0 Å². The Kier molecular flexibility index (Phi) is 3.71. The van der Waals surface area contributed by atoms with Gasteiger partial charge in [0.15, 0.2) is 0 Å². The van der Waals surface area contributed by atoms with Crippen LogP contribution in [0, 0.1) is 5.82 Å². The van der Waals surface area contributed by atoms with Crippen LogP contribution in [0.3, 0.4) is 0 Å². The van der Waals surface area contributed by atoms with E-state index < -0.39 is 0 Å². The molecule has 2 aromatic carbocycles. The highest BCUT2D eigenvalue weighted by atomic mass is 32.1. The van der Waals surface area contributed by atoms with Gasteiger partial charge in [0, 0.05) is 4.70 Å². The van der Waals surface area contributed by atoms with Crippen LogP contribution in [0.25, 0.3) is 10.1 Å². The molecule has 0 saturated carbocycles. The van der Waals surface area contributed by atoms with Crippen molar-refractivity contribution in [2.24, 2.45) is 0 Å². The Bertz CT molecular complexity index is 782. The molecule has 1 atom stereocenters. The first-order valence-corrected chi connectivity index (χ1v) is 7.50. The highest BCUT2D eigenvalue weighted by Gasteiger charge is 2.14. The van der Waals surface area contributed by atoms with Gasteiger partial charge in [-0.05, 0) is 42.1 Å². The van der Waals surface area contributed by atoms with Gasteiger partial charge in [-0.25, -0.2) is 4.39 Å². The maximum Gasteiger partial charge on any atom is 0.261 e. The minimum absolute atomic E-state index is 0.0688. The Hall–Kier alpha value is -2.20. The number of thiophene rings is 1. The zero-order valence-corrected chi connectivity index (χ0v) is 12.3. The fourth-order valence-electron chi connectivity index (χ4n) is 2.22. The quantitative estimate of drug-likeness (QED) is 0.756. The molecule has 21 heavy (non-hydrogen) atoms. The average Bonchev–Trinajstić information content (AvgIpc) is 2.91. The van der Waals surface area contributed by atoms with Crippen molar-refractivity contribution < 1.29 is 9.18 Å². The van der Waals surface area contributed by atoms with E-state index in [2.05, 4.69) is 5.32 Å². The summed E-state index contributed by atoms with van der Waals surface area (Å²) in [4.78, 5) is 12.9. The lowest BCUT2D eigenvalue weighted by molar-refractivity contribution is 0.0944. The molecule has 0 bridgehead atoms. The molecule has 1 amide bonds. The summed E-state index contributed by atoms with van der Waals surface area (Å²) in [6.45, 7) is 1.94. The number of halogens is 1. The first-order valence-electron chi connectivity index (χ1n) is 6.68. The third-order valence-electron chi connectivity index (χ3n) is 3.35. The molecule has 0 aliphatic carbocycles. The second-order valence-corrected chi connectivity index (χ2v) is 5.98. The van der Waals surface area contributed by atoms with E-state index in [1.807, 2.05) is 37.3 Å². The first-order chi connectivity index (χ1) is 10.1. The molecule has 1 N–H and O–H groups in total. The highest BCUT2D eigenvalue weighted by molar-refractivity contribution is 7.20. The van der Waals surface area contributed by atoms with Gasteiger partial charge < -0.3 is 5.32 Å². The van der Waals surface area contributed by atoms with E-state index in [0.29, 0.717) is 4.88 Å². The third-order valence-corrected chi connectivity index (χ3v) is 4.46. The molecule has 0 spiro atoms. The van der Waals surface area contributed by atoms with Crippen LogP contribution in [0.1, 0.15) is 28.2 Å². The summed E-state index contributed by atoms with van der Waals surface area (Å²) in [6.07, 6.45) is 0. The Labute approximate surface area is 126 Å². The van der Waals surface area contributed by atoms with Gasteiger partial charge in [-0.1, -0.05) is 30.3 Å². The standard InChI is InChI=1S/C17H14FNOS/c1-11(12-5-3-2-4-6-12)19-17(20)16-10-13-9-14(18)7-8-15(13)21-16/h2-11H,1H3,(H,19,20). The number of rotatable bonds is 3. The van der Waals surface area contributed by atoms with Gasteiger partial charge >= 0.3 is 0 Å². The number of hydrogen-bond acceptors (Lipinski definition) is 2. The molecule has 1 unspecified atom stereocenters. The predicted molar refractivity (Wildman–Crippen MR) is 84.1 cm³/mol. The predicted octanol–water partition coefficient (Wildman–Crippen LogP) is 4.53. The minimum atomic E-state index is -0.287. The molecular formula is C17H14FNOS. The largest absolute Gasteiger partial charge is 0.345 e. The maximum absolute atomic E-state index is 13.2. The zero-order valence-electron chi connectivity index (χ0n) is 11.5. The summed E-state index contributed by atoms with van der Waals surface area (Å²) in [5, 5.41) is 3.73. The number of nitrogens with one attached hydrogen (secondary N) is 1. The minimum Gasteiger partial charge on any atom is -0.345 e. The fourth-order valence-corrected chi connectivity index (χ4v) is 3.17. The maximum atomic E-state index is 13.2. The van der Waals surface area contributed by atoms with E-state index in [-0.39, 0.29) is 17.8 Å². The van der Waals surface area contributed by atoms with Crippen molar-refractivity contribution in [3.05, 3.63) is 70.9 Å². The molecule has 4 heteroatoms. The molecule has 106 valence electrons. The summed E-state index contributed by atoms with van der Waals surface area (Å²) in [5.41, 5.74) is 1.05. The molecule has 0 fully saturated rings. The van der Waals surface area contributed by atoms with Gasteiger partial charge in [0.2, 0.25) is 0 Å². The van der Waals surface area contributed by atoms with Crippen molar-refractivity contribution in [1.29, 1.82) is 0 Å². The van der Waals surface area contributed by atoms with Gasteiger partial charge in [-0.3, -0.25) is 4.79 Å². The van der Waals surface area contributed by atoms with E-state index in [1.54, 1.807) is 12.1 Å². The first kappa shape index (κ1) is 13.8. The van der Waals surface area contributed by atoms with Gasteiger partial charge in [0.1, 0.15) is 5.82 Å². The summed E-state index contributed by atoms with van der Waals surface area (Å²) < 4.78 is 14.1. The lowest BCUT2D eigenvalue weighted by atomic mass is 10.1. The van der Waals surface area contributed by atoms with Gasteiger partial charge in [0.05, 0.1) is 10.9 Å². The van der Waals surface area contributed by atoms with Crippen LogP contribution in [-0.2, 0) is 0 Å². The smallest absolute Gasteiger partial charge is 0.261 e. The molecule has 3 aromatic rings. The molecule has 3 rings (SSSR count). The number of amides is 1. The number of carbonyl (C=O) groups excluding carboxylic acids is 1. The number of carbonyl (C=O) groups is 1. The second-order valence-electron chi connectivity index (χ2n) is 4.90. The topological polar surface area (TPSA) is 29.1 Å². The third kappa shape index (κ3) is 2.95. The van der Waals surface area contributed by atoms with Gasteiger partial charge in [-0.15, -0.1) is 11.3 Å². The lowest BCUT2D eigenvalue weighted by Crippen LogP contribution is -2.25. The normalized spacial score (nSPS) is 12.3. The second kappa shape index (κ2) is 5.66. The van der Waals surface area contributed by atoms with E-state index >= 15 is 0 Å². The van der Waals surface area contributed by atoms with Gasteiger partial charge in [-0.2, -0.15) is 0 Å². The lowest BCUT2D eigenvalue weighted by Gasteiger charge is -2.13. The van der Waals surface area contributed by atoms with Crippen molar-refractivity contribution in [2.45, 2.75) is 13.0 Å². The van der Waals surface area contributed by atoms with Crippen LogP contribution in [0.15, 0.2) is 54.6 Å². The van der Waals surface area contributed by atoms with Crippen LogP contribution >= 0.6 is 11.3 Å². The summed E-state index contributed by atoms with van der Waals surface area (Å²) >= 11 is 1.37. The molecule has 2 nitrogen and oxygen atoms in total. The Balaban J connectivity index is 1.80. The summed E-state index contributed by atoms with van der Waals surface area (Å²) in [5.74, 6) is -0.419. The van der Waals surface area contributed by atoms with E-state index in [0.717, 1.165) is 15.6 Å². The summed E-state index contributed by atoms with van der Waals surface area (Å²) in [6, 6.07) is 16.0. The van der Waals surface area contributed by atoms with E-state index in [1.165, 1.54) is 23.5 Å². The number of hydrogen-bond donors (Lipinski definition) is 1. The zero-order chi connectivity index (χ0) is 14.8. The molecule has 1 heterocycles. The average molecular weight is 299 g/mol. The van der Waals surface area contributed by atoms with E-state index in [9.17, 15) is 9.18 Å². The van der Waals surface area contributed by atoms with Crippen molar-refractivity contribution >= 4 is 27.3 Å². The Morgan fingerprint density at radius 3 is 2.67 bits per heavy atom. The molecule has 0 aliphatic heterocycles. The van der Waals surface area contributed by atoms with E-state index in [4.69, 9.17) is 0 Å². The molecule has 1 aromatic heterocycles. The molecular weight excluding hydrogens is 285 g/mol. The van der Waals surface area contributed by atoms with Crippen molar-refractivity contribution in [1.82, 2.24) is 5.32 Å². The molecule has 0 aliphatic rings. The highest BCUT2D eigenvalue weighted by Crippen LogP contribution is 2.26. The molecule has 0 radical (unpaired) electrons. The number of fused-ring (bicyclic) bond motifs is 1. The monoisotopic (exact) mass is 299 g/mol. The Morgan fingerprint density at radius 2 is 1.90 bits per heavy atom. The fraction of sp³-hybridized carbons (Fsp3) is 0.118. The van der Waals surface area contributed by atoms with Crippen LogP contribution in [-0.4, -0.2) is 5.91 Å². The summed E-state index contributed by atoms with van der Waals surface area (Å²) in [7, 11) is 0. The van der Waals surface area contributed by atoms with Crippen LogP contribution < -0.4 is 5.32 Å². The van der Waals surface area contributed by atoms with Crippen molar-refractivity contribution in [3.63, 3.8) is 0 Å². The van der Waals surface area contributed by atoms with Crippen LogP contribution in [0.2, 0.25) is 0 Å². The Morgan fingerprint density at radius 1 is 1.14 bits per heavy atom. The number of benzene rings is 2.